The van der Waals surface area contributed by atoms with E-state index in [4.69, 9.17) is 9.47 Å². The van der Waals surface area contributed by atoms with E-state index in [1.54, 1.807) is 11.0 Å². The van der Waals surface area contributed by atoms with E-state index < -0.39 is 0 Å². The number of likely N-dealkylation sites (N-methyl/N-ethyl adjacent to an activating group) is 1. The molecule has 0 radical (unpaired) electrons. The van der Waals surface area contributed by atoms with Crippen LogP contribution in [-0.2, 0) is 11.3 Å². The second-order valence-electron chi connectivity index (χ2n) is 6.25. The van der Waals surface area contributed by atoms with Crippen molar-refractivity contribution in [2.75, 3.05) is 19.7 Å². The first kappa shape index (κ1) is 17.5. The number of thiophene rings is 1. The van der Waals surface area contributed by atoms with Crippen LogP contribution in [0.2, 0.25) is 0 Å². The molecule has 0 spiro atoms. The van der Waals surface area contributed by atoms with Crippen LogP contribution in [0, 0.1) is 0 Å². The number of carbonyl (C=O) groups excluding carboxylic acids is 1. The number of hydrogen-bond donors (Lipinski definition) is 0. The summed E-state index contributed by atoms with van der Waals surface area (Å²) in [7, 11) is 0. The lowest BCUT2D eigenvalue weighted by atomic mass is 10.2. The molecule has 2 aromatic heterocycles. The zero-order valence-electron chi connectivity index (χ0n) is 14.8. The highest BCUT2D eigenvalue weighted by Crippen LogP contribution is 2.31. The first-order valence-corrected chi connectivity index (χ1v) is 9.62. The average molecular weight is 385 g/mol. The highest BCUT2D eigenvalue weighted by molar-refractivity contribution is 7.16. The summed E-state index contributed by atoms with van der Waals surface area (Å²) in [5.74, 6) is 1.24. The summed E-state index contributed by atoms with van der Waals surface area (Å²) in [4.78, 5) is 31.8. The minimum absolute atomic E-state index is 0.0460. The van der Waals surface area contributed by atoms with E-state index in [1.807, 2.05) is 36.6 Å². The summed E-state index contributed by atoms with van der Waals surface area (Å²) in [6.07, 6.45) is 1.18. The maximum atomic E-state index is 12.7. The van der Waals surface area contributed by atoms with Crippen LogP contribution >= 0.6 is 11.3 Å². The second kappa shape index (κ2) is 7.40. The molecule has 0 fully saturated rings. The standard InChI is InChI=1S/C19H19N3O4S/c1-2-21(9-13-11-25-15-5-3-4-6-16(15)26-13)17(23)10-22-12-20-18-14(19(22)24)7-8-27-18/h3-8,12-13H,2,9-11H2,1H3/t13-/m1/s1. The molecule has 8 heteroatoms. The molecule has 0 saturated carbocycles. The van der Waals surface area contributed by atoms with Gasteiger partial charge in [0.25, 0.3) is 5.56 Å². The summed E-state index contributed by atoms with van der Waals surface area (Å²) in [6, 6.07) is 9.21. The third-order valence-corrected chi connectivity index (χ3v) is 5.30. The largest absolute Gasteiger partial charge is 0.486 e. The van der Waals surface area contributed by atoms with Gasteiger partial charge >= 0.3 is 0 Å². The summed E-state index contributed by atoms with van der Waals surface area (Å²) >= 11 is 1.41. The zero-order valence-corrected chi connectivity index (χ0v) is 15.6. The number of fused-ring (bicyclic) bond motifs is 2. The van der Waals surface area contributed by atoms with Crippen LogP contribution in [0.15, 0.2) is 46.8 Å². The number of hydrogen-bond acceptors (Lipinski definition) is 6. The van der Waals surface area contributed by atoms with E-state index >= 15 is 0 Å². The highest BCUT2D eigenvalue weighted by atomic mass is 32.1. The first-order valence-electron chi connectivity index (χ1n) is 8.74. The molecule has 3 aromatic rings. The molecule has 1 aliphatic rings. The van der Waals surface area contributed by atoms with Gasteiger partial charge in [-0.3, -0.25) is 14.2 Å². The minimum atomic E-state index is -0.252. The fourth-order valence-electron chi connectivity index (χ4n) is 3.06. The molecule has 0 N–H and O–H groups in total. The Labute approximate surface area is 159 Å². The number of amides is 1. The van der Waals surface area contributed by atoms with Gasteiger partial charge in [0.05, 0.1) is 18.3 Å². The predicted octanol–water partition coefficient (Wildman–Crippen LogP) is 2.15. The van der Waals surface area contributed by atoms with Gasteiger partial charge in [-0.05, 0) is 30.5 Å². The molecule has 0 saturated heterocycles. The first-order chi connectivity index (χ1) is 13.2. The predicted molar refractivity (Wildman–Crippen MR) is 102 cm³/mol. The van der Waals surface area contributed by atoms with E-state index in [-0.39, 0.29) is 24.1 Å². The molecule has 0 unspecified atom stereocenters. The quantitative estimate of drug-likeness (QED) is 0.673. The highest BCUT2D eigenvalue weighted by Gasteiger charge is 2.25. The van der Waals surface area contributed by atoms with Gasteiger partial charge in [-0.2, -0.15) is 0 Å². The molecule has 7 nitrogen and oxygen atoms in total. The molecule has 4 rings (SSSR count). The van der Waals surface area contributed by atoms with E-state index in [9.17, 15) is 9.59 Å². The molecule has 140 valence electrons. The lowest BCUT2D eigenvalue weighted by Crippen LogP contribution is -2.45. The van der Waals surface area contributed by atoms with Crippen molar-refractivity contribution in [3.05, 3.63) is 52.4 Å². The summed E-state index contributed by atoms with van der Waals surface area (Å²) in [6.45, 7) is 3.15. The van der Waals surface area contributed by atoms with Gasteiger partial charge in [0.1, 0.15) is 18.0 Å². The van der Waals surface area contributed by atoms with Gasteiger partial charge in [-0.15, -0.1) is 11.3 Å². The fourth-order valence-corrected chi connectivity index (χ4v) is 3.78. The van der Waals surface area contributed by atoms with Crippen molar-refractivity contribution in [2.45, 2.75) is 19.6 Å². The van der Waals surface area contributed by atoms with E-state index in [1.165, 1.54) is 22.2 Å². The van der Waals surface area contributed by atoms with Gasteiger partial charge in [-0.1, -0.05) is 12.1 Å². The maximum absolute atomic E-state index is 12.7. The Hall–Kier alpha value is -2.87. The zero-order chi connectivity index (χ0) is 18.8. The van der Waals surface area contributed by atoms with Gasteiger partial charge in [-0.25, -0.2) is 4.98 Å². The monoisotopic (exact) mass is 385 g/mol. The molecule has 1 aromatic carbocycles. The van der Waals surface area contributed by atoms with E-state index in [0.717, 1.165) is 0 Å². The van der Waals surface area contributed by atoms with Crippen LogP contribution in [-0.4, -0.2) is 46.2 Å². The lowest BCUT2D eigenvalue weighted by molar-refractivity contribution is -0.133. The van der Waals surface area contributed by atoms with Gasteiger partial charge in [0.15, 0.2) is 17.6 Å². The number of aromatic nitrogens is 2. The second-order valence-corrected chi connectivity index (χ2v) is 7.14. The number of ether oxygens (including phenoxy) is 2. The number of nitrogens with zero attached hydrogens (tertiary/aromatic N) is 3. The third kappa shape index (κ3) is 3.52. The topological polar surface area (TPSA) is 73.7 Å². The van der Waals surface area contributed by atoms with Crippen molar-refractivity contribution in [3.63, 3.8) is 0 Å². The molecule has 27 heavy (non-hydrogen) atoms. The number of carbonyl (C=O) groups is 1. The third-order valence-electron chi connectivity index (χ3n) is 4.48. The normalized spacial score (nSPS) is 15.7. The molecule has 1 amide bonds. The van der Waals surface area contributed by atoms with Crippen LogP contribution in [0.1, 0.15) is 6.92 Å². The van der Waals surface area contributed by atoms with Crippen molar-refractivity contribution in [3.8, 4) is 11.5 Å². The van der Waals surface area contributed by atoms with Crippen LogP contribution in [0.25, 0.3) is 10.2 Å². The smallest absolute Gasteiger partial charge is 0.262 e. The van der Waals surface area contributed by atoms with Gasteiger partial charge in [0.2, 0.25) is 5.91 Å². The average Bonchev–Trinajstić information content (AvgIpc) is 3.17. The summed E-state index contributed by atoms with van der Waals surface area (Å²) in [5, 5.41) is 2.36. The maximum Gasteiger partial charge on any atom is 0.262 e. The summed E-state index contributed by atoms with van der Waals surface area (Å²) < 4.78 is 13.0. The van der Waals surface area contributed by atoms with Crippen LogP contribution < -0.4 is 15.0 Å². The van der Waals surface area contributed by atoms with Gasteiger partial charge < -0.3 is 14.4 Å². The number of benzene rings is 1. The van der Waals surface area contributed by atoms with Crippen molar-refractivity contribution in [1.29, 1.82) is 0 Å². The molecule has 0 bridgehead atoms. The Morgan fingerprint density at radius 3 is 2.96 bits per heavy atom. The van der Waals surface area contributed by atoms with Crippen LogP contribution in [0.5, 0.6) is 11.5 Å². The van der Waals surface area contributed by atoms with Gasteiger partial charge in [0, 0.05) is 6.54 Å². The molecule has 3 heterocycles. The number of para-hydroxylation sites is 2. The fraction of sp³-hybridized carbons (Fsp3) is 0.316. The number of rotatable bonds is 5. The van der Waals surface area contributed by atoms with Crippen molar-refractivity contribution in [2.24, 2.45) is 0 Å². The van der Waals surface area contributed by atoms with Crippen LogP contribution in [0.4, 0.5) is 0 Å². The Bertz CT molecular complexity index is 1030. The minimum Gasteiger partial charge on any atom is -0.486 e. The Morgan fingerprint density at radius 1 is 1.33 bits per heavy atom. The van der Waals surface area contributed by atoms with E-state index in [0.29, 0.717) is 41.4 Å². The lowest BCUT2D eigenvalue weighted by Gasteiger charge is -2.31. The Morgan fingerprint density at radius 2 is 2.15 bits per heavy atom. The summed E-state index contributed by atoms with van der Waals surface area (Å²) in [5.41, 5.74) is -0.197. The SMILES string of the molecule is CCN(C[C@@H]1COc2ccccc2O1)C(=O)Cn1cnc2sccc2c1=O. The molecular weight excluding hydrogens is 366 g/mol. The van der Waals surface area contributed by atoms with Crippen molar-refractivity contribution >= 4 is 27.5 Å². The van der Waals surface area contributed by atoms with E-state index in [2.05, 4.69) is 4.98 Å². The molecule has 1 atom stereocenters. The molecule has 1 aliphatic heterocycles. The van der Waals surface area contributed by atoms with Crippen LogP contribution in [0.3, 0.4) is 0 Å². The Balaban J connectivity index is 1.45. The molecular formula is C19H19N3O4S. The Kier molecular flexibility index (Phi) is 4.81. The molecule has 0 aliphatic carbocycles. The van der Waals surface area contributed by atoms with Crippen molar-refractivity contribution < 1.29 is 14.3 Å². The van der Waals surface area contributed by atoms with Crippen molar-refractivity contribution in [1.82, 2.24) is 14.5 Å².